The summed E-state index contributed by atoms with van der Waals surface area (Å²) in [6.07, 6.45) is 0. The number of aryl methyl sites for hydroxylation is 1. The van der Waals surface area contributed by atoms with Crippen LogP contribution in [0.4, 0.5) is 5.69 Å². The number of anilines is 1. The average molecular weight is 389 g/mol. The first-order valence-corrected chi connectivity index (χ1v) is 7.64. The number of ether oxygens (including phenoxy) is 1. The number of amides is 1. The van der Waals surface area contributed by atoms with Gasteiger partial charge >= 0.3 is 0 Å². The van der Waals surface area contributed by atoms with Gasteiger partial charge in [0.2, 0.25) is 0 Å². The Hall–Kier alpha value is -1.23. The van der Waals surface area contributed by atoms with Crippen LogP contribution in [-0.2, 0) is 4.79 Å². The third kappa shape index (κ3) is 4.63. The summed E-state index contributed by atoms with van der Waals surface area (Å²) in [4.78, 5) is 11.9. The van der Waals surface area contributed by atoms with Crippen molar-refractivity contribution in [2.24, 2.45) is 0 Å². The van der Waals surface area contributed by atoms with Crippen LogP contribution in [0.15, 0.2) is 40.9 Å². The zero-order valence-corrected chi connectivity index (χ0v) is 14.2. The van der Waals surface area contributed by atoms with Crippen LogP contribution in [0.1, 0.15) is 5.56 Å². The van der Waals surface area contributed by atoms with Gasteiger partial charge in [-0.3, -0.25) is 4.79 Å². The number of carbonyl (C=O) groups excluding carboxylic acids is 1. The Morgan fingerprint density at radius 1 is 1.24 bits per heavy atom. The third-order valence-electron chi connectivity index (χ3n) is 2.72. The van der Waals surface area contributed by atoms with Crippen molar-refractivity contribution in [1.82, 2.24) is 0 Å². The van der Waals surface area contributed by atoms with Gasteiger partial charge in [-0.05, 0) is 48.9 Å². The monoisotopic (exact) mass is 387 g/mol. The van der Waals surface area contributed by atoms with Gasteiger partial charge in [0.05, 0.1) is 5.02 Å². The topological polar surface area (TPSA) is 38.3 Å². The largest absolute Gasteiger partial charge is 0.482 e. The van der Waals surface area contributed by atoms with Crippen molar-refractivity contribution in [2.75, 3.05) is 11.9 Å². The van der Waals surface area contributed by atoms with Crippen LogP contribution in [0.2, 0.25) is 10.0 Å². The fraction of sp³-hybridized carbons (Fsp3) is 0.133. The average Bonchev–Trinajstić information content (AvgIpc) is 2.41. The summed E-state index contributed by atoms with van der Waals surface area (Å²) in [6, 6.07) is 10.5. The Kier molecular flexibility index (Phi) is 5.51. The maximum atomic E-state index is 11.9. The fourth-order valence-corrected chi connectivity index (χ4v) is 2.64. The van der Waals surface area contributed by atoms with Gasteiger partial charge in [-0.1, -0.05) is 39.1 Å². The normalized spacial score (nSPS) is 10.3. The molecular weight excluding hydrogens is 377 g/mol. The van der Waals surface area contributed by atoms with Gasteiger partial charge < -0.3 is 10.1 Å². The van der Waals surface area contributed by atoms with Crippen LogP contribution < -0.4 is 10.1 Å². The molecule has 0 radical (unpaired) electrons. The van der Waals surface area contributed by atoms with E-state index >= 15 is 0 Å². The Labute approximate surface area is 141 Å². The van der Waals surface area contributed by atoms with Crippen molar-refractivity contribution >= 4 is 50.7 Å². The van der Waals surface area contributed by atoms with Crippen molar-refractivity contribution in [2.45, 2.75) is 6.92 Å². The summed E-state index contributed by atoms with van der Waals surface area (Å²) in [6.45, 7) is 1.75. The minimum Gasteiger partial charge on any atom is -0.482 e. The van der Waals surface area contributed by atoms with Gasteiger partial charge in [0.1, 0.15) is 5.75 Å². The molecule has 0 atom stereocenters. The molecule has 0 bridgehead atoms. The second-order valence-corrected chi connectivity index (χ2v) is 6.13. The van der Waals surface area contributed by atoms with E-state index in [4.69, 9.17) is 27.9 Å². The molecule has 0 saturated carbocycles. The molecule has 0 unspecified atom stereocenters. The van der Waals surface area contributed by atoms with Gasteiger partial charge in [-0.25, -0.2) is 0 Å². The van der Waals surface area contributed by atoms with E-state index < -0.39 is 0 Å². The van der Waals surface area contributed by atoms with Crippen LogP contribution >= 0.6 is 39.1 Å². The highest BCUT2D eigenvalue weighted by atomic mass is 79.9. The molecular formula is C15H12BrCl2NO2. The quantitative estimate of drug-likeness (QED) is 0.792. The molecule has 0 spiro atoms. The molecule has 2 rings (SSSR count). The summed E-state index contributed by atoms with van der Waals surface area (Å²) in [5.41, 5.74) is 1.59. The van der Waals surface area contributed by atoms with E-state index in [1.807, 2.05) is 6.92 Å². The number of hydrogen-bond donors (Lipinski definition) is 1. The second kappa shape index (κ2) is 7.16. The van der Waals surface area contributed by atoms with E-state index in [1.54, 1.807) is 36.4 Å². The number of carbonyl (C=O) groups is 1. The standard InChI is InChI=1S/C15H12BrCl2NO2/c1-9-6-11(17)3-4-13(9)19-15(20)8-21-14-5-2-10(16)7-12(14)18/h2-7H,8H2,1H3,(H,19,20). The van der Waals surface area contributed by atoms with Gasteiger partial charge in [-0.2, -0.15) is 0 Å². The molecule has 0 saturated heterocycles. The first-order chi connectivity index (χ1) is 9.95. The van der Waals surface area contributed by atoms with E-state index in [2.05, 4.69) is 21.2 Å². The zero-order valence-electron chi connectivity index (χ0n) is 11.1. The number of nitrogens with one attached hydrogen (secondary N) is 1. The summed E-state index contributed by atoms with van der Waals surface area (Å²) < 4.78 is 6.25. The minimum absolute atomic E-state index is 0.122. The molecule has 110 valence electrons. The SMILES string of the molecule is Cc1cc(Cl)ccc1NC(=O)COc1ccc(Br)cc1Cl. The maximum absolute atomic E-state index is 11.9. The van der Waals surface area contributed by atoms with E-state index in [9.17, 15) is 4.79 Å². The molecule has 21 heavy (non-hydrogen) atoms. The number of halogens is 3. The predicted octanol–water partition coefficient (Wildman–Crippen LogP) is 5.08. The molecule has 3 nitrogen and oxygen atoms in total. The van der Waals surface area contributed by atoms with E-state index in [0.29, 0.717) is 21.5 Å². The summed E-state index contributed by atoms with van der Waals surface area (Å²) in [5.74, 6) is 0.197. The van der Waals surface area contributed by atoms with Gasteiger partial charge in [-0.15, -0.1) is 0 Å². The number of hydrogen-bond acceptors (Lipinski definition) is 2. The maximum Gasteiger partial charge on any atom is 0.262 e. The number of rotatable bonds is 4. The number of benzene rings is 2. The molecule has 2 aromatic rings. The van der Waals surface area contributed by atoms with Gasteiger partial charge in [0, 0.05) is 15.2 Å². The molecule has 0 aliphatic carbocycles. The van der Waals surface area contributed by atoms with Crippen molar-refractivity contribution in [1.29, 1.82) is 0 Å². The minimum atomic E-state index is -0.264. The van der Waals surface area contributed by atoms with E-state index in [-0.39, 0.29) is 12.5 Å². The van der Waals surface area contributed by atoms with Crippen LogP contribution in [0, 0.1) is 6.92 Å². The molecule has 1 N–H and O–H groups in total. The summed E-state index contributed by atoms with van der Waals surface area (Å²) in [5, 5.41) is 3.84. The molecule has 0 aromatic heterocycles. The predicted molar refractivity (Wildman–Crippen MR) is 89.5 cm³/mol. The molecule has 0 heterocycles. The lowest BCUT2D eigenvalue weighted by molar-refractivity contribution is -0.118. The van der Waals surface area contributed by atoms with Crippen LogP contribution in [0.25, 0.3) is 0 Å². The Morgan fingerprint density at radius 3 is 2.67 bits per heavy atom. The zero-order chi connectivity index (χ0) is 15.4. The van der Waals surface area contributed by atoms with Crippen molar-refractivity contribution < 1.29 is 9.53 Å². The Morgan fingerprint density at radius 2 is 2.00 bits per heavy atom. The van der Waals surface area contributed by atoms with Crippen LogP contribution in [0.3, 0.4) is 0 Å². The Bertz CT molecular complexity index is 677. The van der Waals surface area contributed by atoms with Crippen LogP contribution in [-0.4, -0.2) is 12.5 Å². The highest BCUT2D eigenvalue weighted by Gasteiger charge is 2.08. The lowest BCUT2D eigenvalue weighted by Gasteiger charge is -2.10. The highest BCUT2D eigenvalue weighted by molar-refractivity contribution is 9.10. The van der Waals surface area contributed by atoms with Crippen LogP contribution in [0.5, 0.6) is 5.75 Å². The van der Waals surface area contributed by atoms with Crippen molar-refractivity contribution in [3.63, 3.8) is 0 Å². The third-order valence-corrected chi connectivity index (χ3v) is 3.74. The summed E-state index contributed by atoms with van der Waals surface area (Å²) >= 11 is 15.2. The first kappa shape index (κ1) is 16.1. The molecule has 0 aliphatic rings. The molecule has 6 heteroatoms. The van der Waals surface area contributed by atoms with Crippen molar-refractivity contribution in [3.8, 4) is 5.75 Å². The molecule has 2 aromatic carbocycles. The Balaban J connectivity index is 1.96. The van der Waals surface area contributed by atoms with E-state index in [1.165, 1.54) is 0 Å². The molecule has 0 aliphatic heterocycles. The fourth-order valence-electron chi connectivity index (χ4n) is 1.69. The highest BCUT2D eigenvalue weighted by Crippen LogP contribution is 2.27. The van der Waals surface area contributed by atoms with E-state index in [0.717, 1.165) is 10.0 Å². The second-order valence-electron chi connectivity index (χ2n) is 4.37. The van der Waals surface area contributed by atoms with Gasteiger partial charge in [0.25, 0.3) is 5.91 Å². The molecule has 0 fully saturated rings. The summed E-state index contributed by atoms with van der Waals surface area (Å²) in [7, 11) is 0. The first-order valence-electron chi connectivity index (χ1n) is 6.09. The van der Waals surface area contributed by atoms with Gasteiger partial charge in [0.15, 0.2) is 6.61 Å². The smallest absolute Gasteiger partial charge is 0.262 e. The van der Waals surface area contributed by atoms with Crippen molar-refractivity contribution in [3.05, 3.63) is 56.5 Å². The lowest BCUT2D eigenvalue weighted by Crippen LogP contribution is -2.20. The lowest BCUT2D eigenvalue weighted by atomic mass is 10.2. The molecule has 1 amide bonds.